The number of aliphatic hydroxyl groups excluding tert-OH is 1. The van der Waals surface area contributed by atoms with Gasteiger partial charge in [-0.05, 0) is 39.7 Å². The molecule has 0 amide bonds. The van der Waals surface area contributed by atoms with Crippen molar-refractivity contribution in [2.24, 2.45) is 0 Å². The fourth-order valence-electron chi connectivity index (χ4n) is 2.77. The molecule has 2 aromatic rings. The van der Waals surface area contributed by atoms with Crippen molar-refractivity contribution in [1.29, 1.82) is 0 Å². The Balaban J connectivity index is 1.71. The Kier molecular flexibility index (Phi) is 3.05. The second kappa shape index (κ2) is 4.93. The Labute approximate surface area is 130 Å². The molecule has 5 heteroatoms. The zero-order chi connectivity index (χ0) is 14.4. The summed E-state index contributed by atoms with van der Waals surface area (Å²) in [5, 5.41) is 10.3. The number of halogens is 1. The lowest BCUT2D eigenvalue weighted by Crippen LogP contribution is -2.18. The summed E-state index contributed by atoms with van der Waals surface area (Å²) in [5.41, 5.74) is 1.80. The van der Waals surface area contributed by atoms with E-state index < -0.39 is 6.10 Å². The molecule has 0 fully saturated rings. The summed E-state index contributed by atoms with van der Waals surface area (Å²) >= 11 is 3.49. The third kappa shape index (κ3) is 2.17. The van der Waals surface area contributed by atoms with Gasteiger partial charge < -0.3 is 19.3 Å². The minimum Gasteiger partial charge on any atom is -0.485 e. The van der Waals surface area contributed by atoms with Gasteiger partial charge in [-0.15, -0.1) is 0 Å². The molecule has 2 aliphatic heterocycles. The van der Waals surface area contributed by atoms with Gasteiger partial charge in [0.2, 0.25) is 6.79 Å². The number of hydrogen-bond donors (Lipinski definition) is 1. The molecule has 0 saturated carbocycles. The number of aliphatic hydroxyl groups is 1. The number of hydrogen-bond acceptors (Lipinski definition) is 4. The van der Waals surface area contributed by atoms with Crippen LogP contribution in [-0.2, 0) is 0 Å². The maximum atomic E-state index is 10.3. The largest absolute Gasteiger partial charge is 0.485 e. The molecular weight excluding hydrogens is 336 g/mol. The molecule has 0 saturated heterocycles. The summed E-state index contributed by atoms with van der Waals surface area (Å²) in [4.78, 5) is 0. The Morgan fingerprint density at radius 1 is 1.10 bits per heavy atom. The maximum absolute atomic E-state index is 10.3. The molecule has 1 N–H and O–H groups in total. The van der Waals surface area contributed by atoms with Crippen LogP contribution in [0.15, 0.2) is 40.9 Å². The zero-order valence-electron chi connectivity index (χ0n) is 11.1. The quantitative estimate of drug-likeness (QED) is 0.852. The van der Waals surface area contributed by atoms with Crippen LogP contribution in [0.5, 0.6) is 17.2 Å². The van der Waals surface area contributed by atoms with E-state index in [2.05, 4.69) is 15.9 Å². The van der Waals surface area contributed by atoms with E-state index in [0.717, 1.165) is 27.1 Å². The fraction of sp³-hybridized carbons (Fsp3) is 0.250. The van der Waals surface area contributed by atoms with Crippen molar-refractivity contribution in [3.63, 3.8) is 0 Å². The predicted molar refractivity (Wildman–Crippen MR) is 79.7 cm³/mol. The average Bonchev–Trinajstić information content (AvgIpc) is 2.96. The van der Waals surface area contributed by atoms with E-state index in [1.165, 1.54) is 0 Å². The topological polar surface area (TPSA) is 47.9 Å². The summed E-state index contributed by atoms with van der Waals surface area (Å²) in [5.74, 6) is 2.15. The first-order chi connectivity index (χ1) is 10.2. The van der Waals surface area contributed by atoms with Crippen LogP contribution in [0.1, 0.15) is 29.8 Å². The molecule has 0 spiro atoms. The van der Waals surface area contributed by atoms with Gasteiger partial charge in [-0.3, -0.25) is 0 Å². The average molecular weight is 349 g/mol. The van der Waals surface area contributed by atoms with E-state index in [-0.39, 0.29) is 12.9 Å². The van der Waals surface area contributed by atoms with Gasteiger partial charge in [-0.1, -0.05) is 18.2 Å². The Morgan fingerprint density at radius 2 is 1.95 bits per heavy atom. The Bertz CT molecular complexity index is 701. The van der Waals surface area contributed by atoms with Crippen molar-refractivity contribution >= 4 is 15.9 Å². The molecule has 2 heterocycles. The molecule has 2 unspecified atom stereocenters. The van der Waals surface area contributed by atoms with Crippen molar-refractivity contribution in [3.8, 4) is 17.2 Å². The third-order valence-electron chi connectivity index (χ3n) is 3.81. The molecule has 0 aliphatic carbocycles. The van der Waals surface area contributed by atoms with Gasteiger partial charge >= 0.3 is 0 Å². The molecule has 2 aliphatic rings. The summed E-state index contributed by atoms with van der Waals surface area (Å²) < 4.78 is 17.7. The highest BCUT2D eigenvalue weighted by molar-refractivity contribution is 9.10. The minimum atomic E-state index is -0.524. The van der Waals surface area contributed by atoms with E-state index >= 15 is 0 Å². The first-order valence-corrected chi connectivity index (χ1v) is 7.54. The second-order valence-corrected chi connectivity index (χ2v) is 5.99. The van der Waals surface area contributed by atoms with Crippen LogP contribution in [0, 0.1) is 0 Å². The molecule has 4 nitrogen and oxygen atoms in total. The number of fused-ring (bicyclic) bond motifs is 2. The lowest BCUT2D eigenvalue weighted by Gasteiger charge is -2.30. The van der Waals surface area contributed by atoms with Crippen LogP contribution in [0.4, 0.5) is 0 Å². The van der Waals surface area contributed by atoms with Crippen LogP contribution in [-0.4, -0.2) is 11.9 Å². The van der Waals surface area contributed by atoms with E-state index in [4.69, 9.17) is 14.2 Å². The number of para-hydroxylation sites is 1. The molecule has 0 bridgehead atoms. The van der Waals surface area contributed by atoms with Crippen molar-refractivity contribution in [3.05, 3.63) is 52.0 Å². The lowest BCUT2D eigenvalue weighted by molar-refractivity contribution is 0.0656. The van der Waals surface area contributed by atoms with Crippen LogP contribution in [0.3, 0.4) is 0 Å². The minimum absolute atomic E-state index is 0.208. The second-order valence-electron chi connectivity index (χ2n) is 5.13. The smallest absolute Gasteiger partial charge is 0.231 e. The van der Waals surface area contributed by atoms with Gasteiger partial charge in [0.25, 0.3) is 0 Å². The van der Waals surface area contributed by atoms with Gasteiger partial charge in [0.15, 0.2) is 11.5 Å². The highest BCUT2D eigenvalue weighted by Gasteiger charge is 2.29. The van der Waals surface area contributed by atoms with Crippen LogP contribution < -0.4 is 14.2 Å². The standard InChI is InChI=1S/C16H13BrO4/c17-11-5-9(6-15-16(11)20-8-19-15)14-7-12(18)10-3-1-2-4-13(10)21-14/h1-6,12,14,18H,7-8H2. The highest BCUT2D eigenvalue weighted by Crippen LogP contribution is 2.45. The molecule has 0 aromatic heterocycles. The first-order valence-electron chi connectivity index (χ1n) is 6.75. The van der Waals surface area contributed by atoms with Crippen LogP contribution in [0.25, 0.3) is 0 Å². The highest BCUT2D eigenvalue weighted by atomic mass is 79.9. The van der Waals surface area contributed by atoms with E-state index in [1.54, 1.807) is 0 Å². The predicted octanol–water partition coefficient (Wildman–Crippen LogP) is 3.74. The van der Waals surface area contributed by atoms with Crippen molar-refractivity contribution < 1.29 is 19.3 Å². The SMILES string of the molecule is OC1CC(c2cc(Br)c3c(c2)OCO3)Oc2ccccc21. The van der Waals surface area contributed by atoms with Crippen LogP contribution >= 0.6 is 15.9 Å². The number of rotatable bonds is 1. The normalized spacial score (nSPS) is 22.6. The fourth-order valence-corrected chi connectivity index (χ4v) is 3.35. The summed E-state index contributed by atoms with van der Waals surface area (Å²) in [6, 6.07) is 11.5. The van der Waals surface area contributed by atoms with Gasteiger partial charge in [0.05, 0.1) is 10.6 Å². The number of benzene rings is 2. The van der Waals surface area contributed by atoms with Crippen molar-refractivity contribution in [1.82, 2.24) is 0 Å². The maximum Gasteiger partial charge on any atom is 0.231 e. The molecule has 4 rings (SSSR count). The van der Waals surface area contributed by atoms with Gasteiger partial charge in [0.1, 0.15) is 11.9 Å². The third-order valence-corrected chi connectivity index (χ3v) is 4.39. The van der Waals surface area contributed by atoms with Gasteiger partial charge in [-0.25, -0.2) is 0 Å². The monoisotopic (exact) mass is 348 g/mol. The van der Waals surface area contributed by atoms with E-state index in [0.29, 0.717) is 12.2 Å². The van der Waals surface area contributed by atoms with E-state index in [9.17, 15) is 5.11 Å². The summed E-state index contributed by atoms with van der Waals surface area (Å²) in [7, 11) is 0. The van der Waals surface area contributed by atoms with Crippen molar-refractivity contribution in [2.75, 3.05) is 6.79 Å². The van der Waals surface area contributed by atoms with Crippen LogP contribution in [0.2, 0.25) is 0 Å². The molecule has 0 radical (unpaired) electrons. The molecule has 2 atom stereocenters. The molecule has 108 valence electrons. The number of ether oxygens (including phenoxy) is 3. The van der Waals surface area contributed by atoms with E-state index in [1.807, 2.05) is 36.4 Å². The molecular formula is C16H13BrO4. The Morgan fingerprint density at radius 3 is 2.86 bits per heavy atom. The molecule has 21 heavy (non-hydrogen) atoms. The van der Waals surface area contributed by atoms with Gasteiger partial charge in [0, 0.05) is 12.0 Å². The summed E-state index contributed by atoms with van der Waals surface area (Å²) in [6.45, 7) is 0.231. The lowest BCUT2D eigenvalue weighted by atomic mass is 9.95. The van der Waals surface area contributed by atoms with Gasteiger partial charge in [-0.2, -0.15) is 0 Å². The Hall–Kier alpha value is -1.72. The first kappa shape index (κ1) is 13.0. The van der Waals surface area contributed by atoms with Crippen molar-refractivity contribution in [2.45, 2.75) is 18.6 Å². The zero-order valence-corrected chi connectivity index (χ0v) is 12.7. The summed E-state index contributed by atoms with van der Waals surface area (Å²) in [6.07, 6.45) is -0.215. The molecule has 2 aromatic carbocycles.